The molecule has 0 aliphatic carbocycles. The molecule has 0 fully saturated rings. The number of aromatic nitrogens is 4. The third-order valence-corrected chi connectivity index (χ3v) is 2.27. The van der Waals surface area contributed by atoms with Crippen LogP contribution in [0.25, 0.3) is 0 Å². The second-order valence-electron chi connectivity index (χ2n) is 3.49. The first-order valence-electron chi connectivity index (χ1n) is 5.40. The third kappa shape index (κ3) is 2.43. The van der Waals surface area contributed by atoms with Crippen molar-refractivity contribution < 1.29 is 0 Å². The molecule has 16 heavy (non-hydrogen) atoms. The number of rotatable bonds is 5. The van der Waals surface area contributed by atoms with E-state index in [9.17, 15) is 0 Å². The summed E-state index contributed by atoms with van der Waals surface area (Å²) in [6.45, 7) is 3.05. The van der Waals surface area contributed by atoms with Crippen molar-refractivity contribution >= 4 is 0 Å². The number of nitrogens with zero attached hydrogens (tertiary/aromatic N) is 3. The molecule has 2 aromatic heterocycles. The zero-order valence-corrected chi connectivity index (χ0v) is 9.22. The number of nitrogens with one attached hydrogen (secondary N) is 2. The van der Waals surface area contributed by atoms with Gasteiger partial charge in [-0.2, -0.15) is 0 Å². The molecule has 2 N–H and O–H groups in total. The van der Waals surface area contributed by atoms with E-state index in [4.69, 9.17) is 0 Å². The van der Waals surface area contributed by atoms with E-state index in [1.165, 1.54) is 0 Å². The van der Waals surface area contributed by atoms with E-state index in [0.717, 1.165) is 24.5 Å². The van der Waals surface area contributed by atoms with Gasteiger partial charge in [-0.15, -0.1) is 0 Å². The van der Waals surface area contributed by atoms with Crippen LogP contribution in [-0.2, 0) is 0 Å². The highest BCUT2D eigenvalue weighted by atomic mass is 15.0. The van der Waals surface area contributed by atoms with Crippen molar-refractivity contribution in [2.75, 3.05) is 6.54 Å². The van der Waals surface area contributed by atoms with Crippen LogP contribution in [0.3, 0.4) is 0 Å². The Morgan fingerprint density at radius 2 is 2.25 bits per heavy atom. The Labute approximate surface area is 94.4 Å². The van der Waals surface area contributed by atoms with Crippen LogP contribution in [0.4, 0.5) is 0 Å². The highest BCUT2D eigenvalue weighted by Gasteiger charge is 2.16. The Morgan fingerprint density at radius 3 is 2.88 bits per heavy atom. The lowest BCUT2D eigenvalue weighted by Gasteiger charge is -2.14. The van der Waals surface area contributed by atoms with Crippen LogP contribution in [0.1, 0.15) is 30.9 Å². The molecule has 2 aromatic rings. The molecule has 2 rings (SSSR count). The topological polar surface area (TPSA) is 66.5 Å². The van der Waals surface area contributed by atoms with E-state index in [-0.39, 0.29) is 6.04 Å². The van der Waals surface area contributed by atoms with Crippen molar-refractivity contribution in [3.05, 3.63) is 42.5 Å². The van der Waals surface area contributed by atoms with Gasteiger partial charge in [0, 0.05) is 24.8 Å². The molecule has 0 spiro atoms. The van der Waals surface area contributed by atoms with Crippen LogP contribution in [0, 0.1) is 0 Å². The van der Waals surface area contributed by atoms with Crippen molar-refractivity contribution in [2.45, 2.75) is 19.4 Å². The predicted molar refractivity (Wildman–Crippen MR) is 60.8 cm³/mol. The first-order chi connectivity index (χ1) is 7.92. The lowest BCUT2D eigenvalue weighted by Crippen LogP contribution is -2.25. The molecule has 1 unspecified atom stereocenters. The number of hydrogen-bond donors (Lipinski definition) is 2. The molecular formula is C11H15N5. The molecule has 0 aliphatic heterocycles. The van der Waals surface area contributed by atoms with E-state index in [1.54, 1.807) is 24.8 Å². The minimum Gasteiger partial charge on any atom is -0.347 e. The molecule has 0 saturated heterocycles. The summed E-state index contributed by atoms with van der Waals surface area (Å²) >= 11 is 0. The second-order valence-corrected chi connectivity index (χ2v) is 3.49. The second kappa shape index (κ2) is 5.37. The van der Waals surface area contributed by atoms with Gasteiger partial charge in [-0.25, -0.2) is 4.98 Å². The summed E-state index contributed by atoms with van der Waals surface area (Å²) in [5.74, 6) is 0.869. The average molecular weight is 217 g/mol. The fourth-order valence-electron chi connectivity index (χ4n) is 1.53. The Kier molecular flexibility index (Phi) is 3.61. The zero-order chi connectivity index (χ0) is 11.2. The highest BCUT2D eigenvalue weighted by Crippen LogP contribution is 2.15. The van der Waals surface area contributed by atoms with Gasteiger partial charge in [0.2, 0.25) is 0 Å². The van der Waals surface area contributed by atoms with Crippen LogP contribution >= 0.6 is 0 Å². The van der Waals surface area contributed by atoms with Crippen molar-refractivity contribution in [3.63, 3.8) is 0 Å². The number of H-pyrrole nitrogens is 1. The van der Waals surface area contributed by atoms with E-state index in [2.05, 4.69) is 32.2 Å². The van der Waals surface area contributed by atoms with Crippen LogP contribution < -0.4 is 5.32 Å². The van der Waals surface area contributed by atoms with E-state index < -0.39 is 0 Å². The largest absolute Gasteiger partial charge is 0.347 e. The van der Waals surface area contributed by atoms with Crippen LogP contribution in [0.5, 0.6) is 0 Å². The lowest BCUT2D eigenvalue weighted by molar-refractivity contribution is 0.563. The maximum absolute atomic E-state index is 4.30. The molecule has 0 aliphatic rings. The van der Waals surface area contributed by atoms with Gasteiger partial charge in [0.15, 0.2) is 0 Å². The molecule has 0 amide bonds. The normalized spacial score (nSPS) is 12.6. The minimum atomic E-state index is -0.0105. The Hall–Kier alpha value is -1.75. The van der Waals surface area contributed by atoms with Gasteiger partial charge in [-0.1, -0.05) is 6.92 Å². The standard InChI is InChI=1S/C11H15N5/c1-2-3-14-10(11-15-6-7-16-11)9-8-12-4-5-13-9/h4-8,10,14H,2-3H2,1H3,(H,15,16). The maximum Gasteiger partial charge on any atom is 0.129 e. The van der Waals surface area contributed by atoms with Crippen LogP contribution in [-0.4, -0.2) is 26.5 Å². The predicted octanol–water partition coefficient (Wildman–Crippen LogP) is 1.29. The molecule has 1 atom stereocenters. The van der Waals surface area contributed by atoms with Gasteiger partial charge in [-0.05, 0) is 13.0 Å². The summed E-state index contributed by atoms with van der Waals surface area (Å²) in [5, 5.41) is 3.39. The summed E-state index contributed by atoms with van der Waals surface area (Å²) in [7, 11) is 0. The summed E-state index contributed by atoms with van der Waals surface area (Å²) < 4.78 is 0. The summed E-state index contributed by atoms with van der Waals surface area (Å²) in [6, 6.07) is -0.0105. The first-order valence-corrected chi connectivity index (χ1v) is 5.40. The molecule has 0 aromatic carbocycles. The zero-order valence-electron chi connectivity index (χ0n) is 9.22. The van der Waals surface area contributed by atoms with Gasteiger partial charge in [0.25, 0.3) is 0 Å². The number of imidazole rings is 1. The van der Waals surface area contributed by atoms with Crippen LogP contribution in [0.15, 0.2) is 31.0 Å². The fraction of sp³-hybridized carbons (Fsp3) is 0.364. The van der Waals surface area contributed by atoms with Gasteiger partial charge < -0.3 is 10.3 Å². The number of aromatic amines is 1. The van der Waals surface area contributed by atoms with E-state index >= 15 is 0 Å². The average Bonchev–Trinajstić information content (AvgIpc) is 2.85. The van der Waals surface area contributed by atoms with Crippen molar-refractivity contribution in [3.8, 4) is 0 Å². The molecular weight excluding hydrogens is 202 g/mol. The molecule has 0 radical (unpaired) electrons. The van der Waals surface area contributed by atoms with Crippen LogP contribution in [0.2, 0.25) is 0 Å². The summed E-state index contributed by atoms with van der Waals surface area (Å²) in [4.78, 5) is 15.7. The summed E-state index contributed by atoms with van der Waals surface area (Å²) in [6.07, 6.45) is 9.74. The molecule has 84 valence electrons. The Balaban J connectivity index is 2.21. The summed E-state index contributed by atoms with van der Waals surface area (Å²) in [5.41, 5.74) is 0.880. The maximum atomic E-state index is 4.30. The molecule has 0 bridgehead atoms. The van der Waals surface area contributed by atoms with Crippen molar-refractivity contribution in [1.29, 1.82) is 0 Å². The first kappa shape index (κ1) is 10.8. The molecule has 5 heteroatoms. The fourth-order valence-corrected chi connectivity index (χ4v) is 1.53. The van der Waals surface area contributed by atoms with Gasteiger partial charge in [0.1, 0.15) is 11.9 Å². The Morgan fingerprint density at radius 1 is 1.31 bits per heavy atom. The monoisotopic (exact) mass is 217 g/mol. The van der Waals surface area contributed by atoms with Crippen molar-refractivity contribution in [2.24, 2.45) is 0 Å². The minimum absolute atomic E-state index is 0.0105. The van der Waals surface area contributed by atoms with Crippen molar-refractivity contribution in [1.82, 2.24) is 25.3 Å². The van der Waals surface area contributed by atoms with E-state index in [0.29, 0.717) is 0 Å². The lowest BCUT2D eigenvalue weighted by atomic mass is 10.2. The molecule has 0 saturated carbocycles. The SMILES string of the molecule is CCCNC(c1cnccn1)c1ncc[nH]1. The quantitative estimate of drug-likeness (QED) is 0.792. The number of hydrogen-bond acceptors (Lipinski definition) is 4. The van der Waals surface area contributed by atoms with Gasteiger partial charge in [-0.3, -0.25) is 9.97 Å². The third-order valence-electron chi connectivity index (χ3n) is 2.27. The van der Waals surface area contributed by atoms with Gasteiger partial charge in [0.05, 0.1) is 11.9 Å². The molecule has 5 nitrogen and oxygen atoms in total. The molecule has 2 heterocycles. The van der Waals surface area contributed by atoms with E-state index in [1.807, 2.05) is 6.20 Å². The van der Waals surface area contributed by atoms with Gasteiger partial charge >= 0.3 is 0 Å². The Bertz CT molecular complexity index is 398. The smallest absolute Gasteiger partial charge is 0.129 e. The highest BCUT2D eigenvalue weighted by molar-refractivity contribution is 5.13.